The minimum atomic E-state index is -0.516. The third kappa shape index (κ3) is 1.46. The summed E-state index contributed by atoms with van der Waals surface area (Å²) < 4.78 is 9.75. The van der Waals surface area contributed by atoms with Crippen LogP contribution < -0.4 is 5.73 Å². The standard InChI is InChI=1S/C6H11NO3/c1-2-9-6-4(7)3-5(8)10-6/h4,6H,2-3,7H2,1H3/t4-,6-/m0/s1. The number of carbonyl (C=O) groups excluding carboxylic acids is 1. The first kappa shape index (κ1) is 7.50. The predicted molar refractivity (Wildman–Crippen MR) is 34.1 cm³/mol. The van der Waals surface area contributed by atoms with Crippen LogP contribution in [-0.2, 0) is 14.3 Å². The van der Waals surface area contributed by atoms with E-state index in [-0.39, 0.29) is 18.4 Å². The van der Waals surface area contributed by atoms with Gasteiger partial charge in [-0.05, 0) is 6.92 Å². The van der Waals surface area contributed by atoms with Gasteiger partial charge in [0.1, 0.15) is 0 Å². The number of hydrogen-bond acceptors (Lipinski definition) is 4. The first-order chi connectivity index (χ1) is 4.74. The van der Waals surface area contributed by atoms with Crippen LogP contribution in [0.3, 0.4) is 0 Å². The Morgan fingerprint density at radius 3 is 3.00 bits per heavy atom. The van der Waals surface area contributed by atoms with Crippen LogP contribution in [0.25, 0.3) is 0 Å². The Labute approximate surface area is 59.3 Å². The molecular weight excluding hydrogens is 134 g/mol. The number of nitrogens with two attached hydrogens (primary N) is 1. The van der Waals surface area contributed by atoms with Crippen LogP contribution in [0.5, 0.6) is 0 Å². The molecule has 0 unspecified atom stereocenters. The Hall–Kier alpha value is -0.610. The molecular formula is C6H11NO3. The maximum absolute atomic E-state index is 10.6. The van der Waals surface area contributed by atoms with Crippen molar-refractivity contribution in [3.63, 3.8) is 0 Å². The zero-order chi connectivity index (χ0) is 7.56. The molecule has 0 aromatic rings. The van der Waals surface area contributed by atoms with Crippen molar-refractivity contribution in [1.82, 2.24) is 0 Å². The van der Waals surface area contributed by atoms with Gasteiger partial charge in [0.05, 0.1) is 12.5 Å². The zero-order valence-corrected chi connectivity index (χ0v) is 5.87. The molecule has 0 radical (unpaired) electrons. The van der Waals surface area contributed by atoms with Crippen molar-refractivity contribution in [2.24, 2.45) is 5.73 Å². The fourth-order valence-corrected chi connectivity index (χ4v) is 0.876. The van der Waals surface area contributed by atoms with Gasteiger partial charge in [-0.3, -0.25) is 4.79 Å². The highest BCUT2D eigenvalue weighted by Gasteiger charge is 2.32. The molecule has 0 saturated carbocycles. The summed E-state index contributed by atoms with van der Waals surface area (Å²) >= 11 is 0. The topological polar surface area (TPSA) is 61.5 Å². The van der Waals surface area contributed by atoms with Gasteiger partial charge < -0.3 is 15.2 Å². The summed E-state index contributed by atoms with van der Waals surface area (Å²) in [4.78, 5) is 10.6. The largest absolute Gasteiger partial charge is 0.434 e. The van der Waals surface area contributed by atoms with E-state index in [1.807, 2.05) is 6.92 Å². The highest BCUT2D eigenvalue weighted by atomic mass is 16.7. The normalized spacial score (nSPS) is 32.4. The molecule has 4 nitrogen and oxygen atoms in total. The van der Waals surface area contributed by atoms with Gasteiger partial charge in [-0.25, -0.2) is 0 Å². The van der Waals surface area contributed by atoms with Crippen molar-refractivity contribution in [2.75, 3.05) is 6.61 Å². The second-order valence-electron chi connectivity index (χ2n) is 2.18. The van der Waals surface area contributed by atoms with Crippen molar-refractivity contribution in [2.45, 2.75) is 25.7 Å². The molecule has 0 aliphatic carbocycles. The lowest BCUT2D eigenvalue weighted by molar-refractivity contribution is -0.162. The highest BCUT2D eigenvalue weighted by Crippen LogP contribution is 2.13. The average molecular weight is 145 g/mol. The van der Waals surface area contributed by atoms with E-state index in [9.17, 15) is 4.79 Å². The molecule has 1 heterocycles. The molecule has 58 valence electrons. The minimum absolute atomic E-state index is 0.269. The number of rotatable bonds is 2. The van der Waals surface area contributed by atoms with E-state index in [0.717, 1.165) is 0 Å². The molecule has 2 N–H and O–H groups in total. The average Bonchev–Trinajstić information content (AvgIpc) is 2.13. The van der Waals surface area contributed by atoms with Crippen LogP contribution >= 0.6 is 0 Å². The first-order valence-electron chi connectivity index (χ1n) is 3.30. The maximum Gasteiger partial charge on any atom is 0.309 e. The van der Waals surface area contributed by atoms with Crippen molar-refractivity contribution in [1.29, 1.82) is 0 Å². The summed E-state index contributed by atoms with van der Waals surface area (Å²) in [5.41, 5.74) is 5.48. The Bertz CT molecular complexity index is 137. The quantitative estimate of drug-likeness (QED) is 0.538. The van der Waals surface area contributed by atoms with Crippen LogP contribution in [0.2, 0.25) is 0 Å². The van der Waals surface area contributed by atoms with E-state index < -0.39 is 6.29 Å². The minimum Gasteiger partial charge on any atom is -0.434 e. The molecule has 1 aliphatic heterocycles. The van der Waals surface area contributed by atoms with Gasteiger partial charge in [0.15, 0.2) is 0 Å². The number of hydrogen-bond donors (Lipinski definition) is 1. The molecule has 0 aromatic heterocycles. The molecule has 1 saturated heterocycles. The third-order valence-corrected chi connectivity index (χ3v) is 1.33. The van der Waals surface area contributed by atoms with Gasteiger partial charge in [-0.2, -0.15) is 0 Å². The predicted octanol–water partition coefficient (Wildman–Crippen LogP) is -0.377. The number of carbonyl (C=O) groups is 1. The highest BCUT2D eigenvalue weighted by molar-refractivity contribution is 5.72. The van der Waals surface area contributed by atoms with Crippen LogP contribution in [0, 0.1) is 0 Å². The number of cyclic esters (lactones) is 1. The van der Waals surface area contributed by atoms with Gasteiger partial charge in [0, 0.05) is 6.61 Å². The fraction of sp³-hybridized carbons (Fsp3) is 0.833. The van der Waals surface area contributed by atoms with Crippen molar-refractivity contribution < 1.29 is 14.3 Å². The molecule has 0 amide bonds. The molecule has 10 heavy (non-hydrogen) atoms. The van der Waals surface area contributed by atoms with Crippen molar-refractivity contribution in [3.05, 3.63) is 0 Å². The zero-order valence-electron chi connectivity index (χ0n) is 5.87. The summed E-state index contributed by atoms with van der Waals surface area (Å²) in [6.07, 6.45) is -0.248. The number of ether oxygens (including phenoxy) is 2. The summed E-state index contributed by atoms with van der Waals surface area (Å²) in [5.74, 6) is -0.272. The monoisotopic (exact) mass is 145 g/mol. The second kappa shape index (κ2) is 2.98. The third-order valence-electron chi connectivity index (χ3n) is 1.33. The van der Waals surface area contributed by atoms with E-state index in [2.05, 4.69) is 0 Å². The molecule has 0 bridgehead atoms. The van der Waals surface area contributed by atoms with Crippen molar-refractivity contribution >= 4 is 5.97 Å². The lowest BCUT2D eigenvalue weighted by Gasteiger charge is -2.12. The van der Waals surface area contributed by atoms with E-state index in [4.69, 9.17) is 15.2 Å². The summed E-state index contributed by atoms with van der Waals surface area (Å²) in [6, 6.07) is -0.285. The van der Waals surface area contributed by atoms with Crippen LogP contribution in [-0.4, -0.2) is 24.9 Å². The Morgan fingerprint density at radius 1 is 1.90 bits per heavy atom. The van der Waals surface area contributed by atoms with E-state index in [1.165, 1.54) is 0 Å². The van der Waals surface area contributed by atoms with Gasteiger partial charge in [-0.15, -0.1) is 0 Å². The van der Waals surface area contributed by atoms with Crippen LogP contribution in [0.15, 0.2) is 0 Å². The Kier molecular flexibility index (Phi) is 2.24. The van der Waals surface area contributed by atoms with Gasteiger partial charge >= 0.3 is 5.97 Å². The van der Waals surface area contributed by atoms with Gasteiger partial charge in [0.2, 0.25) is 6.29 Å². The molecule has 2 atom stereocenters. The lowest BCUT2D eigenvalue weighted by Crippen LogP contribution is -2.32. The molecule has 4 heteroatoms. The molecule has 0 aromatic carbocycles. The number of esters is 1. The Balaban J connectivity index is 2.38. The van der Waals surface area contributed by atoms with Crippen LogP contribution in [0.1, 0.15) is 13.3 Å². The van der Waals surface area contributed by atoms with Gasteiger partial charge in [-0.1, -0.05) is 0 Å². The van der Waals surface area contributed by atoms with Crippen LogP contribution in [0.4, 0.5) is 0 Å². The van der Waals surface area contributed by atoms with E-state index in [0.29, 0.717) is 6.61 Å². The van der Waals surface area contributed by atoms with E-state index in [1.54, 1.807) is 0 Å². The SMILES string of the molecule is CCO[C@H]1OC(=O)C[C@@H]1N. The fourth-order valence-electron chi connectivity index (χ4n) is 0.876. The molecule has 1 fully saturated rings. The molecule has 1 aliphatic rings. The summed E-state index contributed by atoms with van der Waals surface area (Å²) in [7, 11) is 0. The first-order valence-corrected chi connectivity index (χ1v) is 3.30. The smallest absolute Gasteiger partial charge is 0.309 e. The molecule has 1 rings (SSSR count). The second-order valence-corrected chi connectivity index (χ2v) is 2.18. The van der Waals surface area contributed by atoms with Gasteiger partial charge in [0.25, 0.3) is 0 Å². The summed E-state index contributed by atoms with van der Waals surface area (Å²) in [6.45, 7) is 2.35. The van der Waals surface area contributed by atoms with E-state index >= 15 is 0 Å². The lowest BCUT2D eigenvalue weighted by atomic mass is 10.2. The van der Waals surface area contributed by atoms with Crippen molar-refractivity contribution in [3.8, 4) is 0 Å². The Morgan fingerprint density at radius 2 is 2.60 bits per heavy atom. The molecule has 0 spiro atoms. The summed E-state index contributed by atoms with van der Waals surface area (Å²) in [5, 5.41) is 0. The maximum atomic E-state index is 10.6.